The number of aryl methyl sites for hydroxylation is 1. The second-order valence-electron chi connectivity index (χ2n) is 2.87. The smallest absolute Gasteiger partial charge is 0.230 e. The first-order valence-electron chi connectivity index (χ1n) is 3.59. The van der Waals surface area contributed by atoms with Crippen LogP contribution < -0.4 is 0 Å². The van der Waals surface area contributed by atoms with Gasteiger partial charge in [0.15, 0.2) is 4.47 Å². The van der Waals surface area contributed by atoms with Crippen LogP contribution in [0, 0.1) is 0 Å². The molecule has 0 atom stereocenters. The predicted molar refractivity (Wildman–Crippen MR) is 44.1 cm³/mol. The summed E-state index contributed by atoms with van der Waals surface area (Å²) in [5.74, 6) is -2.55. The standard InChI is InChI=1S/C7H6ClF2NS/c8-6-11-4-1-2-7(9,10)3-5(4)12-6/h1-3H2. The van der Waals surface area contributed by atoms with Crippen LogP contribution >= 0.6 is 22.9 Å². The molecule has 0 unspecified atom stereocenters. The lowest BCUT2D eigenvalue weighted by molar-refractivity contribution is -0.0116. The molecule has 0 fully saturated rings. The summed E-state index contributed by atoms with van der Waals surface area (Å²) in [5, 5.41) is 0. The van der Waals surface area contributed by atoms with Crippen LogP contribution in [0.25, 0.3) is 0 Å². The van der Waals surface area contributed by atoms with Gasteiger partial charge in [-0.05, 0) is 6.42 Å². The van der Waals surface area contributed by atoms with Crippen LogP contribution in [0.2, 0.25) is 4.47 Å². The Kier molecular flexibility index (Phi) is 1.84. The van der Waals surface area contributed by atoms with Crippen molar-refractivity contribution in [2.45, 2.75) is 25.2 Å². The van der Waals surface area contributed by atoms with Gasteiger partial charge in [-0.15, -0.1) is 11.3 Å². The van der Waals surface area contributed by atoms with Gasteiger partial charge in [0, 0.05) is 17.7 Å². The van der Waals surface area contributed by atoms with E-state index in [1.807, 2.05) is 0 Å². The van der Waals surface area contributed by atoms with Crippen molar-refractivity contribution in [2.75, 3.05) is 0 Å². The molecule has 12 heavy (non-hydrogen) atoms. The van der Waals surface area contributed by atoms with Crippen LogP contribution in [0.5, 0.6) is 0 Å². The molecule has 1 nitrogen and oxygen atoms in total. The Morgan fingerprint density at radius 3 is 3.00 bits per heavy atom. The van der Waals surface area contributed by atoms with Crippen molar-refractivity contribution in [1.82, 2.24) is 4.98 Å². The normalized spacial score (nSPS) is 20.6. The van der Waals surface area contributed by atoms with Crippen LogP contribution in [0.1, 0.15) is 17.0 Å². The second kappa shape index (κ2) is 2.64. The zero-order chi connectivity index (χ0) is 8.77. The van der Waals surface area contributed by atoms with Gasteiger partial charge >= 0.3 is 0 Å². The number of hydrogen-bond acceptors (Lipinski definition) is 2. The fraction of sp³-hybridized carbons (Fsp3) is 0.571. The predicted octanol–water partition coefficient (Wildman–Crippen LogP) is 2.92. The Hall–Kier alpha value is -0.220. The van der Waals surface area contributed by atoms with E-state index < -0.39 is 5.92 Å². The van der Waals surface area contributed by atoms with Crippen molar-refractivity contribution in [2.24, 2.45) is 0 Å². The molecular formula is C7H6ClF2NS. The van der Waals surface area contributed by atoms with Crippen LogP contribution in [-0.4, -0.2) is 10.9 Å². The van der Waals surface area contributed by atoms with Gasteiger partial charge in [-0.25, -0.2) is 13.8 Å². The van der Waals surface area contributed by atoms with Gasteiger partial charge in [-0.1, -0.05) is 11.6 Å². The molecule has 0 saturated heterocycles. The molecule has 2 rings (SSSR count). The maximum atomic E-state index is 12.8. The highest BCUT2D eigenvalue weighted by atomic mass is 35.5. The first-order chi connectivity index (χ1) is 5.57. The lowest BCUT2D eigenvalue weighted by Crippen LogP contribution is -2.24. The summed E-state index contributed by atoms with van der Waals surface area (Å²) in [6.45, 7) is 0. The fourth-order valence-electron chi connectivity index (χ4n) is 1.31. The van der Waals surface area contributed by atoms with E-state index >= 15 is 0 Å². The molecule has 0 N–H and O–H groups in total. The molecule has 66 valence electrons. The molecule has 1 aromatic heterocycles. The minimum atomic E-state index is -2.55. The Bertz CT molecular complexity index is 310. The summed E-state index contributed by atoms with van der Waals surface area (Å²) >= 11 is 6.77. The van der Waals surface area contributed by atoms with Gasteiger partial charge in [0.25, 0.3) is 5.92 Å². The fourth-order valence-corrected chi connectivity index (χ4v) is 2.60. The van der Waals surface area contributed by atoms with E-state index in [0.717, 1.165) is 5.69 Å². The molecule has 1 heterocycles. The molecule has 0 aliphatic heterocycles. The SMILES string of the molecule is FC1(F)CCc2nc(Cl)sc2C1. The van der Waals surface area contributed by atoms with Gasteiger partial charge < -0.3 is 0 Å². The molecule has 0 saturated carbocycles. The van der Waals surface area contributed by atoms with Crippen molar-refractivity contribution in [3.05, 3.63) is 15.0 Å². The third-order valence-corrected chi connectivity index (χ3v) is 3.10. The zero-order valence-corrected chi connectivity index (χ0v) is 7.68. The average Bonchev–Trinajstić information content (AvgIpc) is 2.26. The van der Waals surface area contributed by atoms with Crippen LogP contribution in [0.15, 0.2) is 0 Å². The largest absolute Gasteiger partial charge is 0.253 e. The van der Waals surface area contributed by atoms with Crippen molar-refractivity contribution in [3.63, 3.8) is 0 Å². The average molecular weight is 210 g/mol. The number of nitrogens with zero attached hydrogens (tertiary/aromatic N) is 1. The Morgan fingerprint density at radius 2 is 2.25 bits per heavy atom. The molecular weight excluding hydrogens is 204 g/mol. The molecule has 1 aliphatic carbocycles. The van der Waals surface area contributed by atoms with Crippen molar-refractivity contribution in [1.29, 1.82) is 0 Å². The summed E-state index contributed by atoms with van der Waals surface area (Å²) in [7, 11) is 0. The van der Waals surface area contributed by atoms with Gasteiger partial charge in [-0.3, -0.25) is 0 Å². The van der Waals surface area contributed by atoms with Gasteiger partial charge in [0.05, 0.1) is 5.69 Å². The lowest BCUT2D eigenvalue weighted by atomic mass is 9.99. The Balaban J connectivity index is 2.34. The molecule has 1 aromatic rings. The first-order valence-corrected chi connectivity index (χ1v) is 4.78. The number of hydrogen-bond donors (Lipinski definition) is 0. The number of aromatic nitrogens is 1. The summed E-state index contributed by atoms with van der Waals surface area (Å²) in [6, 6.07) is 0. The third kappa shape index (κ3) is 1.45. The van der Waals surface area contributed by atoms with Crippen molar-refractivity contribution < 1.29 is 8.78 Å². The minimum Gasteiger partial charge on any atom is -0.230 e. The molecule has 0 spiro atoms. The molecule has 0 radical (unpaired) electrons. The van der Waals surface area contributed by atoms with Crippen LogP contribution in [0.3, 0.4) is 0 Å². The van der Waals surface area contributed by atoms with E-state index in [2.05, 4.69) is 4.98 Å². The van der Waals surface area contributed by atoms with E-state index in [1.165, 1.54) is 11.3 Å². The lowest BCUT2D eigenvalue weighted by Gasteiger charge is -2.19. The highest BCUT2D eigenvalue weighted by Crippen LogP contribution is 2.36. The van der Waals surface area contributed by atoms with E-state index in [0.29, 0.717) is 15.8 Å². The molecule has 1 aliphatic rings. The second-order valence-corrected chi connectivity index (χ2v) is 4.54. The van der Waals surface area contributed by atoms with Gasteiger partial charge in [0.1, 0.15) is 0 Å². The highest BCUT2D eigenvalue weighted by molar-refractivity contribution is 7.15. The van der Waals surface area contributed by atoms with E-state index in [1.54, 1.807) is 0 Å². The molecule has 5 heteroatoms. The minimum absolute atomic E-state index is 0.0972. The Labute approximate surface area is 77.4 Å². The summed E-state index contributed by atoms with van der Waals surface area (Å²) in [4.78, 5) is 4.62. The number of rotatable bonds is 0. The van der Waals surface area contributed by atoms with Gasteiger partial charge in [-0.2, -0.15) is 0 Å². The van der Waals surface area contributed by atoms with Crippen molar-refractivity contribution >= 4 is 22.9 Å². The number of thiazole rings is 1. The monoisotopic (exact) mass is 209 g/mol. The number of fused-ring (bicyclic) bond motifs is 1. The zero-order valence-electron chi connectivity index (χ0n) is 6.11. The Morgan fingerprint density at radius 1 is 1.50 bits per heavy atom. The number of halogens is 3. The van der Waals surface area contributed by atoms with E-state index in [-0.39, 0.29) is 12.8 Å². The van der Waals surface area contributed by atoms with Gasteiger partial charge in [0.2, 0.25) is 0 Å². The topological polar surface area (TPSA) is 12.9 Å². The van der Waals surface area contributed by atoms with Crippen LogP contribution in [-0.2, 0) is 12.8 Å². The van der Waals surface area contributed by atoms with Crippen molar-refractivity contribution in [3.8, 4) is 0 Å². The third-order valence-electron chi connectivity index (χ3n) is 1.90. The summed E-state index contributed by atoms with van der Waals surface area (Å²) in [5.41, 5.74) is 0.760. The summed E-state index contributed by atoms with van der Waals surface area (Å²) in [6.07, 6.45) is 0.0678. The molecule has 0 amide bonds. The molecule has 0 aromatic carbocycles. The van der Waals surface area contributed by atoms with E-state index in [4.69, 9.17) is 11.6 Å². The maximum absolute atomic E-state index is 12.8. The maximum Gasteiger partial charge on any atom is 0.253 e. The molecule has 0 bridgehead atoms. The first kappa shape index (κ1) is 8.38. The highest BCUT2D eigenvalue weighted by Gasteiger charge is 2.35. The quantitative estimate of drug-likeness (QED) is 0.640. The van der Waals surface area contributed by atoms with E-state index in [9.17, 15) is 8.78 Å². The number of alkyl halides is 2. The summed E-state index contributed by atoms with van der Waals surface area (Å²) < 4.78 is 26.0. The van der Waals surface area contributed by atoms with Crippen LogP contribution in [0.4, 0.5) is 8.78 Å².